The molecule has 1 amide bonds. The number of rotatable bonds is 7. The quantitative estimate of drug-likeness (QED) is 0.255. The van der Waals surface area contributed by atoms with E-state index in [0.717, 1.165) is 16.5 Å². The first-order valence-corrected chi connectivity index (χ1v) is 10.9. The Morgan fingerprint density at radius 3 is 2.94 bits per heavy atom. The molecule has 0 aliphatic carbocycles. The molecule has 178 valence electrons. The van der Waals surface area contributed by atoms with Gasteiger partial charge in [-0.3, -0.25) is 9.36 Å². The number of imidazole rings is 1. The smallest absolute Gasteiger partial charge is 0.320 e. The predicted octanol–water partition coefficient (Wildman–Crippen LogP) is 0.267. The van der Waals surface area contributed by atoms with E-state index in [1.54, 1.807) is 6.92 Å². The number of nitrogen functional groups attached to an aromatic ring is 1. The van der Waals surface area contributed by atoms with Gasteiger partial charge in [-0.05, 0) is 18.6 Å². The Morgan fingerprint density at radius 2 is 2.12 bits per heavy atom. The minimum absolute atomic E-state index is 0.0416. The van der Waals surface area contributed by atoms with E-state index < -0.39 is 30.4 Å². The minimum atomic E-state index is -1.42. The number of carbonyl (C=O) groups is 1. The average Bonchev–Trinajstić information content (AvgIpc) is 3.51. The lowest BCUT2D eigenvalue weighted by Crippen LogP contribution is -2.42. The van der Waals surface area contributed by atoms with Crippen LogP contribution in [-0.4, -0.2) is 72.1 Å². The molecule has 0 radical (unpaired) electrons. The number of carbonyl (C=O) groups excluding carboxylic acids is 1. The number of nitrogens with two attached hydrogens (primary N) is 1. The number of aliphatic hydroxyl groups excluding tert-OH is 2. The molecule has 5 rings (SSSR count). The van der Waals surface area contributed by atoms with Crippen molar-refractivity contribution in [2.45, 2.75) is 37.9 Å². The van der Waals surface area contributed by atoms with Crippen LogP contribution in [0.2, 0.25) is 0 Å². The number of anilines is 1. The van der Waals surface area contributed by atoms with Gasteiger partial charge in [-0.2, -0.15) is 9.97 Å². The van der Waals surface area contributed by atoms with E-state index in [1.807, 2.05) is 30.5 Å². The van der Waals surface area contributed by atoms with Crippen molar-refractivity contribution in [2.75, 3.05) is 18.9 Å². The van der Waals surface area contributed by atoms with Gasteiger partial charge in [0.2, 0.25) is 0 Å². The fourth-order valence-electron chi connectivity index (χ4n) is 4.14. The van der Waals surface area contributed by atoms with Crippen molar-refractivity contribution in [3.63, 3.8) is 0 Å². The SMILES string of the molecule is CCNC(=O)[C@H]1O[C@@H](n2cnc3c(N)nc(OCCc4c[nH]c5ccccc45)nc32)[C@H](O)[C@@H]1O. The van der Waals surface area contributed by atoms with Crippen molar-refractivity contribution >= 4 is 33.8 Å². The average molecular weight is 467 g/mol. The number of amides is 1. The highest BCUT2D eigenvalue weighted by Gasteiger charge is 2.47. The number of aromatic amines is 1. The molecule has 4 heterocycles. The predicted molar refractivity (Wildman–Crippen MR) is 122 cm³/mol. The minimum Gasteiger partial charge on any atom is -0.463 e. The van der Waals surface area contributed by atoms with Crippen LogP contribution in [0.25, 0.3) is 22.1 Å². The van der Waals surface area contributed by atoms with E-state index in [2.05, 4.69) is 25.3 Å². The van der Waals surface area contributed by atoms with E-state index >= 15 is 0 Å². The van der Waals surface area contributed by atoms with Crippen LogP contribution >= 0.6 is 0 Å². The van der Waals surface area contributed by atoms with Gasteiger partial charge < -0.3 is 35.7 Å². The molecule has 4 atom stereocenters. The molecule has 4 aromatic rings. The lowest BCUT2D eigenvalue weighted by atomic mass is 10.1. The molecule has 1 aliphatic heterocycles. The first-order chi connectivity index (χ1) is 16.5. The lowest BCUT2D eigenvalue weighted by molar-refractivity contribution is -0.137. The Balaban J connectivity index is 1.36. The number of nitrogens with one attached hydrogen (secondary N) is 2. The summed E-state index contributed by atoms with van der Waals surface area (Å²) in [5.74, 6) is -0.421. The summed E-state index contributed by atoms with van der Waals surface area (Å²) in [6.45, 7) is 2.42. The van der Waals surface area contributed by atoms with Crippen molar-refractivity contribution in [1.82, 2.24) is 29.8 Å². The number of hydrogen-bond acceptors (Lipinski definition) is 9. The number of aromatic nitrogens is 5. The van der Waals surface area contributed by atoms with Gasteiger partial charge in [-0.25, -0.2) is 4.98 Å². The summed E-state index contributed by atoms with van der Waals surface area (Å²) >= 11 is 0. The molecule has 1 saturated heterocycles. The van der Waals surface area contributed by atoms with E-state index in [-0.39, 0.29) is 23.0 Å². The molecule has 6 N–H and O–H groups in total. The first kappa shape index (κ1) is 22.1. The third-order valence-corrected chi connectivity index (χ3v) is 5.83. The van der Waals surface area contributed by atoms with Crippen LogP contribution < -0.4 is 15.8 Å². The van der Waals surface area contributed by atoms with Crippen LogP contribution in [0.1, 0.15) is 18.7 Å². The second-order valence-electron chi connectivity index (χ2n) is 8.00. The molecule has 0 unspecified atom stereocenters. The number of para-hydroxylation sites is 1. The summed E-state index contributed by atoms with van der Waals surface area (Å²) in [5, 5.41) is 24.6. The third kappa shape index (κ3) is 3.81. The zero-order chi connectivity index (χ0) is 23.8. The summed E-state index contributed by atoms with van der Waals surface area (Å²) in [4.78, 5) is 28.2. The molecule has 1 aromatic carbocycles. The zero-order valence-corrected chi connectivity index (χ0v) is 18.4. The standard InChI is InChI=1S/C22H25N7O5/c1-2-24-20(32)17-15(30)16(31)21(34-17)29-10-26-14-18(23)27-22(28-19(14)29)33-8-7-11-9-25-13-6-4-3-5-12(11)13/h3-6,9-10,15-17,21,25,30-31H,2,7-8H2,1H3,(H,24,32)(H2,23,27,28)/t15-,16+,17-,21+/m0/s1. The van der Waals surface area contributed by atoms with Gasteiger partial charge in [-0.15, -0.1) is 0 Å². The van der Waals surface area contributed by atoms with Crippen molar-refractivity contribution in [1.29, 1.82) is 0 Å². The first-order valence-electron chi connectivity index (χ1n) is 10.9. The largest absolute Gasteiger partial charge is 0.463 e. The van der Waals surface area contributed by atoms with E-state index in [9.17, 15) is 15.0 Å². The summed E-state index contributed by atoms with van der Waals surface area (Å²) in [6.07, 6.45) is -1.20. The van der Waals surface area contributed by atoms with E-state index in [0.29, 0.717) is 19.6 Å². The van der Waals surface area contributed by atoms with Crippen LogP contribution in [0.15, 0.2) is 36.8 Å². The van der Waals surface area contributed by atoms with Gasteiger partial charge >= 0.3 is 6.01 Å². The number of H-pyrrole nitrogens is 1. The number of benzene rings is 1. The van der Waals surface area contributed by atoms with Crippen molar-refractivity contribution in [2.24, 2.45) is 0 Å². The maximum absolute atomic E-state index is 12.2. The lowest BCUT2D eigenvalue weighted by Gasteiger charge is -2.16. The Hall–Kier alpha value is -3.74. The van der Waals surface area contributed by atoms with Gasteiger partial charge in [0.05, 0.1) is 12.9 Å². The molecule has 34 heavy (non-hydrogen) atoms. The molecular weight excluding hydrogens is 442 g/mol. The van der Waals surface area contributed by atoms with Crippen LogP contribution in [0.3, 0.4) is 0 Å². The highest BCUT2D eigenvalue weighted by Crippen LogP contribution is 2.32. The van der Waals surface area contributed by atoms with Gasteiger partial charge in [0.15, 0.2) is 29.3 Å². The van der Waals surface area contributed by atoms with Crippen molar-refractivity contribution in [3.05, 3.63) is 42.4 Å². The fourth-order valence-corrected chi connectivity index (χ4v) is 4.14. The molecule has 3 aromatic heterocycles. The Bertz CT molecular complexity index is 1340. The van der Waals surface area contributed by atoms with Gasteiger partial charge in [0.25, 0.3) is 5.91 Å². The molecular formula is C22H25N7O5. The van der Waals surface area contributed by atoms with Gasteiger partial charge in [-0.1, -0.05) is 18.2 Å². The molecule has 1 fully saturated rings. The number of fused-ring (bicyclic) bond motifs is 2. The van der Waals surface area contributed by atoms with Crippen molar-refractivity contribution < 1.29 is 24.5 Å². The second kappa shape index (κ2) is 8.89. The van der Waals surface area contributed by atoms with Gasteiger partial charge in [0, 0.05) is 30.1 Å². The fraction of sp³-hybridized carbons (Fsp3) is 0.364. The van der Waals surface area contributed by atoms with Crippen molar-refractivity contribution in [3.8, 4) is 6.01 Å². The number of likely N-dealkylation sites (N-methyl/N-ethyl adjacent to an activating group) is 1. The highest BCUT2D eigenvalue weighted by atomic mass is 16.6. The van der Waals surface area contributed by atoms with E-state index in [4.69, 9.17) is 15.2 Å². The molecule has 1 aliphatic rings. The van der Waals surface area contributed by atoms with Gasteiger partial charge in [0.1, 0.15) is 12.2 Å². The molecule has 12 heteroatoms. The summed E-state index contributed by atoms with van der Waals surface area (Å²) < 4.78 is 12.8. The monoisotopic (exact) mass is 467 g/mol. The van der Waals surface area contributed by atoms with Crippen LogP contribution in [0, 0.1) is 0 Å². The topological polar surface area (TPSA) is 173 Å². The number of nitrogens with zero attached hydrogens (tertiary/aromatic N) is 4. The van der Waals surface area contributed by atoms with Crippen LogP contribution in [0.4, 0.5) is 5.82 Å². The van der Waals surface area contributed by atoms with Crippen LogP contribution in [0.5, 0.6) is 6.01 Å². The Labute approximate surface area is 193 Å². The number of aliphatic hydroxyl groups is 2. The summed E-state index contributed by atoms with van der Waals surface area (Å²) in [6, 6.07) is 8.03. The molecule has 0 spiro atoms. The maximum Gasteiger partial charge on any atom is 0.320 e. The zero-order valence-electron chi connectivity index (χ0n) is 18.4. The summed E-state index contributed by atoms with van der Waals surface area (Å²) in [5.41, 5.74) is 8.75. The normalized spacial score (nSPS) is 22.4. The molecule has 0 bridgehead atoms. The highest BCUT2D eigenvalue weighted by molar-refractivity contribution is 5.84. The number of hydrogen-bond donors (Lipinski definition) is 5. The van der Waals surface area contributed by atoms with E-state index in [1.165, 1.54) is 10.9 Å². The maximum atomic E-state index is 12.2. The third-order valence-electron chi connectivity index (χ3n) is 5.83. The molecule has 0 saturated carbocycles. The Morgan fingerprint density at radius 1 is 1.29 bits per heavy atom. The summed E-state index contributed by atoms with van der Waals surface area (Å²) in [7, 11) is 0. The molecule has 12 nitrogen and oxygen atoms in total. The number of ether oxygens (including phenoxy) is 2. The van der Waals surface area contributed by atoms with Crippen LogP contribution in [-0.2, 0) is 16.0 Å². The Kier molecular flexibility index (Phi) is 5.77. The second-order valence-corrected chi connectivity index (χ2v) is 8.00.